The summed E-state index contributed by atoms with van der Waals surface area (Å²) in [4.78, 5) is 1.18. The van der Waals surface area contributed by atoms with Gasteiger partial charge in [0, 0.05) is 17.3 Å². The first kappa shape index (κ1) is 13.4. The van der Waals surface area contributed by atoms with E-state index in [0.717, 1.165) is 0 Å². The lowest BCUT2D eigenvalue weighted by Crippen LogP contribution is -2.17. The molecule has 0 aliphatic carbocycles. The van der Waals surface area contributed by atoms with Crippen LogP contribution in [-0.4, -0.2) is 30.2 Å². The fourth-order valence-electron chi connectivity index (χ4n) is 1.75. The van der Waals surface area contributed by atoms with Gasteiger partial charge >= 0.3 is 0 Å². The average molecular weight is 262 g/mol. The molecule has 0 saturated carbocycles. The van der Waals surface area contributed by atoms with Crippen molar-refractivity contribution in [3.63, 3.8) is 0 Å². The van der Waals surface area contributed by atoms with Crippen LogP contribution in [0.5, 0.6) is 0 Å². The molecule has 0 amide bonds. The molecule has 1 N–H and O–H groups in total. The number of hydrogen-bond acceptors (Lipinski definition) is 3. The Balaban J connectivity index is 1.95. The highest BCUT2D eigenvalue weighted by Gasteiger charge is 2.05. The van der Waals surface area contributed by atoms with Gasteiger partial charge in [-0.3, -0.25) is 0 Å². The van der Waals surface area contributed by atoms with Crippen molar-refractivity contribution in [1.29, 1.82) is 0 Å². The fraction of sp³-hybridized carbons (Fsp3) is 0.333. The molecule has 0 bridgehead atoms. The zero-order valence-electron chi connectivity index (χ0n) is 10.5. The standard InChI is InChI=1S/C15H18O2S/c1-2-17-10-14(16)11-18-15-8-7-12-5-3-4-6-13(12)9-15/h3-9,14,16H,2,10-11H2,1H3. The number of aliphatic hydroxyl groups excluding tert-OH is 1. The van der Waals surface area contributed by atoms with E-state index < -0.39 is 6.10 Å². The Morgan fingerprint density at radius 2 is 1.94 bits per heavy atom. The largest absolute Gasteiger partial charge is 0.390 e. The lowest BCUT2D eigenvalue weighted by atomic mass is 10.1. The normalized spacial score (nSPS) is 12.8. The Morgan fingerprint density at radius 3 is 2.72 bits per heavy atom. The molecule has 96 valence electrons. The number of thioether (sulfide) groups is 1. The second-order valence-corrected chi connectivity index (χ2v) is 5.23. The summed E-state index contributed by atoms with van der Waals surface area (Å²) in [5.41, 5.74) is 0. The summed E-state index contributed by atoms with van der Waals surface area (Å²) in [5.74, 6) is 0.665. The SMILES string of the molecule is CCOCC(O)CSc1ccc2ccccc2c1. The predicted octanol–water partition coefficient (Wildman–Crippen LogP) is 3.33. The van der Waals surface area contributed by atoms with Crippen LogP contribution in [0.3, 0.4) is 0 Å². The van der Waals surface area contributed by atoms with E-state index in [-0.39, 0.29) is 0 Å². The van der Waals surface area contributed by atoms with E-state index in [0.29, 0.717) is 19.0 Å². The molecule has 2 aromatic rings. The summed E-state index contributed by atoms with van der Waals surface area (Å²) in [6.45, 7) is 3.00. The zero-order chi connectivity index (χ0) is 12.8. The van der Waals surface area contributed by atoms with Crippen LogP contribution < -0.4 is 0 Å². The topological polar surface area (TPSA) is 29.5 Å². The van der Waals surface area contributed by atoms with Crippen LogP contribution >= 0.6 is 11.8 Å². The second kappa shape index (κ2) is 6.78. The first-order valence-electron chi connectivity index (χ1n) is 6.17. The van der Waals surface area contributed by atoms with E-state index in [4.69, 9.17) is 4.74 Å². The monoisotopic (exact) mass is 262 g/mol. The van der Waals surface area contributed by atoms with E-state index in [2.05, 4.69) is 30.3 Å². The molecule has 0 saturated heterocycles. The number of benzene rings is 2. The van der Waals surface area contributed by atoms with Gasteiger partial charge in [-0.25, -0.2) is 0 Å². The van der Waals surface area contributed by atoms with Gasteiger partial charge in [0.05, 0.1) is 12.7 Å². The molecule has 0 heterocycles. The molecule has 2 nitrogen and oxygen atoms in total. The first-order chi connectivity index (χ1) is 8.79. The lowest BCUT2D eigenvalue weighted by molar-refractivity contribution is 0.0551. The number of hydrogen-bond donors (Lipinski definition) is 1. The van der Waals surface area contributed by atoms with E-state index in [1.807, 2.05) is 19.1 Å². The van der Waals surface area contributed by atoms with Crippen molar-refractivity contribution in [1.82, 2.24) is 0 Å². The summed E-state index contributed by atoms with van der Waals surface area (Å²) < 4.78 is 5.19. The summed E-state index contributed by atoms with van der Waals surface area (Å²) in [5, 5.41) is 12.2. The van der Waals surface area contributed by atoms with Crippen molar-refractivity contribution in [3.05, 3.63) is 42.5 Å². The summed E-state index contributed by atoms with van der Waals surface area (Å²) >= 11 is 1.66. The molecule has 0 aromatic heterocycles. The molecule has 2 rings (SSSR count). The second-order valence-electron chi connectivity index (χ2n) is 4.13. The maximum absolute atomic E-state index is 9.71. The predicted molar refractivity (Wildman–Crippen MR) is 77.2 cm³/mol. The van der Waals surface area contributed by atoms with Crippen molar-refractivity contribution in [2.24, 2.45) is 0 Å². The molecule has 0 radical (unpaired) electrons. The van der Waals surface area contributed by atoms with Crippen molar-refractivity contribution in [2.75, 3.05) is 19.0 Å². The summed E-state index contributed by atoms with van der Waals surface area (Å²) in [6, 6.07) is 14.7. The van der Waals surface area contributed by atoms with Crippen LogP contribution in [0.25, 0.3) is 10.8 Å². The number of ether oxygens (including phenoxy) is 1. The van der Waals surface area contributed by atoms with Gasteiger partial charge in [0.15, 0.2) is 0 Å². The molecule has 18 heavy (non-hydrogen) atoms. The van der Waals surface area contributed by atoms with Crippen LogP contribution in [0.1, 0.15) is 6.92 Å². The van der Waals surface area contributed by atoms with Crippen molar-refractivity contribution in [2.45, 2.75) is 17.9 Å². The Kier molecular flexibility index (Phi) is 5.05. The Hall–Kier alpha value is -1.03. The van der Waals surface area contributed by atoms with Gasteiger partial charge in [0.25, 0.3) is 0 Å². The third-order valence-electron chi connectivity index (χ3n) is 2.68. The van der Waals surface area contributed by atoms with Crippen LogP contribution in [0.4, 0.5) is 0 Å². The van der Waals surface area contributed by atoms with Crippen LogP contribution in [-0.2, 0) is 4.74 Å². The highest BCUT2D eigenvalue weighted by atomic mass is 32.2. The maximum Gasteiger partial charge on any atom is 0.0867 e. The van der Waals surface area contributed by atoms with E-state index in [9.17, 15) is 5.11 Å². The highest BCUT2D eigenvalue weighted by molar-refractivity contribution is 7.99. The Morgan fingerprint density at radius 1 is 1.17 bits per heavy atom. The van der Waals surface area contributed by atoms with E-state index in [1.54, 1.807) is 11.8 Å². The number of aliphatic hydroxyl groups is 1. The third kappa shape index (κ3) is 3.73. The number of rotatable bonds is 6. The molecule has 0 fully saturated rings. The minimum absolute atomic E-state index is 0.401. The third-order valence-corrected chi connectivity index (χ3v) is 3.82. The minimum Gasteiger partial charge on any atom is -0.390 e. The van der Waals surface area contributed by atoms with Crippen LogP contribution in [0.15, 0.2) is 47.4 Å². The zero-order valence-corrected chi connectivity index (χ0v) is 11.3. The molecular formula is C15H18O2S. The molecule has 1 atom stereocenters. The molecule has 0 aliphatic heterocycles. The summed E-state index contributed by atoms with van der Waals surface area (Å²) in [7, 11) is 0. The van der Waals surface area contributed by atoms with Gasteiger partial charge in [0.2, 0.25) is 0 Å². The Labute approximate surface area is 112 Å². The van der Waals surface area contributed by atoms with Crippen LogP contribution in [0.2, 0.25) is 0 Å². The van der Waals surface area contributed by atoms with Gasteiger partial charge in [-0.15, -0.1) is 11.8 Å². The van der Waals surface area contributed by atoms with Gasteiger partial charge in [-0.2, -0.15) is 0 Å². The lowest BCUT2D eigenvalue weighted by Gasteiger charge is -2.10. The fourth-order valence-corrected chi connectivity index (χ4v) is 2.61. The molecule has 2 aromatic carbocycles. The van der Waals surface area contributed by atoms with E-state index in [1.165, 1.54) is 15.7 Å². The molecular weight excluding hydrogens is 244 g/mol. The van der Waals surface area contributed by atoms with E-state index >= 15 is 0 Å². The van der Waals surface area contributed by atoms with Gasteiger partial charge in [-0.1, -0.05) is 30.3 Å². The van der Waals surface area contributed by atoms with Gasteiger partial charge < -0.3 is 9.84 Å². The summed E-state index contributed by atoms with van der Waals surface area (Å²) in [6.07, 6.45) is -0.401. The van der Waals surface area contributed by atoms with Gasteiger partial charge in [-0.05, 0) is 29.8 Å². The number of fused-ring (bicyclic) bond motifs is 1. The first-order valence-corrected chi connectivity index (χ1v) is 7.15. The highest BCUT2D eigenvalue weighted by Crippen LogP contribution is 2.24. The van der Waals surface area contributed by atoms with Crippen molar-refractivity contribution in [3.8, 4) is 0 Å². The molecule has 0 spiro atoms. The Bertz CT molecular complexity index is 499. The quantitative estimate of drug-likeness (QED) is 0.810. The average Bonchev–Trinajstić information content (AvgIpc) is 2.42. The van der Waals surface area contributed by atoms with Crippen molar-refractivity contribution >= 4 is 22.5 Å². The maximum atomic E-state index is 9.71. The molecule has 0 aliphatic rings. The molecule has 1 unspecified atom stereocenters. The smallest absolute Gasteiger partial charge is 0.0867 e. The van der Waals surface area contributed by atoms with Gasteiger partial charge in [0.1, 0.15) is 0 Å². The minimum atomic E-state index is -0.401. The molecule has 3 heteroatoms. The van der Waals surface area contributed by atoms with Crippen molar-refractivity contribution < 1.29 is 9.84 Å². The van der Waals surface area contributed by atoms with Crippen LogP contribution in [0, 0.1) is 0 Å².